The van der Waals surface area contributed by atoms with E-state index < -0.39 is 10.0 Å². The fraction of sp³-hybridized carbons (Fsp3) is 0.375. The predicted molar refractivity (Wildman–Crippen MR) is 125 cm³/mol. The normalized spacial score (nSPS) is 16.0. The van der Waals surface area contributed by atoms with Gasteiger partial charge in [0.15, 0.2) is 0 Å². The first-order chi connectivity index (χ1) is 15.6. The Kier molecular flexibility index (Phi) is 6.36. The van der Waals surface area contributed by atoms with Gasteiger partial charge in [-0.05, 0) is 49.2 Å². The highest BCUT2D eigenvalue weighted by Gasteiger charge is 2.32. The number of carbonyl (C=O) groups is 1. The molecule has 1 amide bonds. The van der Waals surface area contributed by atoms with Crippen molar-refractivity contribution in [2.45, 2.75) is 43.9 Å². The number of amides is 1. The van der Waals surface area contributed by atoms with Crippen molar-refractivity contribution in [1.29, 1.82) is 0 Å². The average molecular weight is 469 g/mol. The third-order valence-corrected chi connectivity index (χ3v) is 7.60. The smallest absolute Gasteiger partial charge is 0.243 e. The van der Waals surface area contributed by atoms with E-state index >= 15 is 0 Å². The number of sulfonamides is 1. The molecule has 0 atom stereocenters. The largest absolute Gasteiger partial charge is 0.338 e. The van der Waals surface area contributed by atoms with E-state index in [1.807, 2.05) is 32.9 Å². The van der Waals surface area contributed by atoms with E-state index in [4.69, 9.17) is 4.52 Å². The lowest BCUT2D eigenvalue weighted by molar-refractivity contribution is -0.120. The lowest BCUT2D eigenvalue weighted by Gasteiger charge is -2.30. The molecule has 8 nitrogen and oxygen atoms in total. The standard InChI is InChI=1S/C24H28N4O4S/c1-24(2,3)23-26-21(27-32-23)17-9-11-19(12-10-17)25-22(29)18-13-15-28(16-14-18)33(30,31)20-7-5-4-6-8-20/h4-12,18H,13-16H2,1-3H3,(H,25,29). The van der Waals surface area contributed by atoms with Crippen LogP contribution in [0.15, 0.2) is 64.0 Å². The SMILES string of the molecule is CC(C)(C)c1nc(-c2ccc(NC(=O)C3CCN(S(=O)(=O)c4ccccc4)CC3)cc2)no1. The first-order valence-electron chi connectivity index (χ1n) is 11.0. The van der Waals surface area contributed by atoms with Gasteiger partial charge in [-0.1, -0.05) is 44.1 Å². The molecule has 2 aromatic carbocycles. The quantitative estimate of drug-likeness (QED) is 0.605. The zero-order chi connectivity index (χ0) is 23.6. The maximum absolute atomic E-state index is 12.8. The van der Waals surface area contributed by atoms with Gasteiger partial charge < -0.3 is 9.84 Å². The van der Waals surface area contributed by atoms with Crippen LogP contribution in [0.4, 0.5) is 5.69 Å². The number of nitrogens with one attached hydrogen (secondary N) is 1. The van der Waals surface area contributed by atoms with Gasteiger partial charge in [-0.15, -0.1) is 0 Å². The maximum atomic E-state index is 12.8. The van der Waals surface area contributed by atoms with E-state index in [0.29, 0.717) is 43.3 Å². The van der Waals surface area contributed by atoms with Crippen LogP contribution in [0, 0.1) is 5.92 Å². The minimum absolute atomic E-state index is 0.103. The first-order valence-corrected chi connectivity index (χ1v) is 12.4. The van der Waals surface area contributed by atoms with Gasteiger partial charge in [0, 0.05) is 35.7 Å². The van der Waals surface area contributed by atoms with Gasteiger partial charge in [0.25, 0.3) is 0 Å². The molecule has 1 aromatic heterocycles. The van der Waals surface area contributed by atoms with Gasteiger partial charge in [-0.2, -0.15) is 9.29 Å². The highest BCUT2D eigenvalue weighted by molar-refractivity contribution is 7.89. The van der Waals surface area contributed by atoms with E-state index in [1.54, 1.807) is 42.5 Å². The molecule has 1 aliphatic heterocycles. The number of aromatic nitrogens is 2. The second kappa shape index (κ2) is 9.07. The molecule has 4 rings (SSSR count). The summed E-state index contributed by atoms with van der Waals surface area (Å²) in [6, 6.07) is 15.7. The number of benzene rings is 2. The zero-order valence-corrected chi connectivity index (χ0v) is 19.8. The van der Waals surface area contributed by atoms with Crippen LogP contribution in [0.2, 0.25) is 0 Å². The van der Waals surface area contributed by atoms with E-state index in [0.717, 1.165) is 5.56 Å². The molecular formula is C24H28N4O4S. The Bertz CT molecular complexity index is 1210. The second-order valence-corrected chi connectivity index (χ2v) is 11.2. The summed E-state index contributed by atoms with van der Waals surface area (Å²) in [5.41, 5.74) is 1.24. The summed E-state index contributed by atoms with van der Waals surface area (Å²) in [5.74, 6) is 0.729. The summed E-state index contributed by atoms with van der Waals surface area (Å²) < 4.78 is 32.3. The Morgan fingerprint density at radius 2 is 1.67 bits per heavy atom. The first kappa shape index (κ1) is 23.1. The molecule has 9 heteroatoms. The molecule has 0 saturated carbocycles. The van der Waals surface area contributed by atoms with Gasteiger partial charge in [0.2, 0.25) is 27.6 Å². The number of nitrogens with zero attached hydrogens (tertiary/aromatic N) is 3. The molecule has 0 spiro atoms. The third-order valence-electron chi connectivity index (χ3n) is 5.68. The molecule has 1 aliphatic rings. The molecule has 33 heavy (non-hydrogen) atoms. The van der Waals surface area contributed by atoms with Crippen molar-refractivity contribution in [2.75, 3.05) is 18.4 Å². The zero-order valence-electron chi connectivity index (χ0n) is 19.0. The summed E-state index contributed by atoms with van der Waals surface area (Å²) in [6.45, 7) is 6.66. The molecule has 3 aromatic rings. The van der Waals surface area contributed by atoms with E-state index in [-0.39, 0.29) is 22.1 Å². The summed E-state index contributed by atoms with van der Waals surface area (Å²) in [5, 5.41) is 6.97. The second-order valence-electron chi connectivity index (χ2n) is 9.23. The molecule has 0 unspecified atom stereocenters. The lowest BCUT2D eigenvalue weighted by atomic mass is 9.97. The van der Waals surface area contributed by atoms with Crippen LogP contribution < -0.4 is 5.32 Å². The van der Waals surface area contributed by atoms with E-state index in [2.05, 4.69) is 15.5 Å². The fourth-order valence-electron chi connectivity index (χ4n) is 3.69. The van der Waals surface area contributed by atoms with E-state index in [1.165, 1.54) is 4.31 Å². The van der Waals surface area contributed by atoms with Crippen molar-refractivity contribution in [3.05, 3.63) is 60.5 Å². The van der Waals surface area contributed by atoms with Crippen molar-refractivity contribution < 1.29 is 17.7 Å². The molecule has 0 bridgehead atoms. The average Bonchev–Trinajstić information content (AvgIpc) is 3.31. The number of anilines is 1. The Labute approximate surface area is 194 Å². The molecule has 1 fully saturated rings. The highest BCUT2D eigenvalue weighted by Crippen LogP contribution is 2.27. The molecule has 174 valence electrons. The number of carbonyl (C=O) groups excluding carboxylic acids is 1. The van der Waals surface area contributed by atoms with Crippen molar-refractivity contribution in [3.63, 3.8) is 0 Å². The Hall–Kier alpha value is -3.04. The highest BCUT2D eigenvalue weighted by atomic mass is 32.2. The van der Waals surface area contributed by atoms with Crippen LogP contribution in [-0.2, 0) is 20.2 Å². The van der Waals surface area contributed by atoms with Crippen molar-refractivity contribution in [2.24, 2.45) is 5.92 Å². The van der Waals surface area contributed by atoms with Crippen LogP contribution in [-0.4, -0.2) is 41.9 Å². The Morgan fingerprint density at radius 1 is 1.03 bits per heavy atom. The number of hydrogen-bond donors (Lipinski definition) is 1. The molecule has 2 heterocycles. The molecule has 0 aliphatic carbocycles. The predicted octanol–water partition coefficient (Wildman–Crippen LogP) is 4.07. The van der Waals surface area contributed by atoms with Gasteiger partial charge in [-0.25, -0.2) is 8.42 Å². The fourth-order valence-corrected chi connectivity index (χ4v) is 5.18. The van der Waals surface area contributed by atoms with Crippen LogP contribution in [0.25, 0.3) is 11.4 Å². The number of rotatable bonds is 5. The van der Waals surface area contributed by atoms with Crippen LogP contribution in [0.1, 0.15) is 39.5 Å². The maximum Gasteiger partial charge on any atom is 0.243 e. The van der Waals surface area contributed by atoms with Crippen molar-refractivity contribution in [1.82, 2.24) is 14.4 Å². The summed E-state index contributed by atoms with van der Waals surface area (Å²) in [7, 11) is -3.53. The number of piperidine rings is 1. The Morgan fingerprint density at radius 3 is 2.24 bits per heavy atom. The minimum Gasteiger partial charge on any atom is -0.338 e. The Balaban J connectivity index is 1.34. The monoisotopic (exact) mass is 468 g/mol. The molecule has 1 saturated heterocycles. The van der Waals surface area contributed by atoms with E-state index in [9.17, 15) is 13.2 Å². The van der Waals surface area contributed by atoms with Gasteiger partial charge in [-0.3, -0.25) is 4.79 Å². The topological polar surface area (TPSA) is 105 Å². The van der Waals surface area contributed by atoms with Crippen molar-refractivity contribution in [3.8, 4) is 11.4 Å². The molecule has 1 N–H and O–H groups in total. The van der Waals surface area contributed by atoms with Gasteiger partial charge in [0.05, 0.1) is 4.90 Å². The molecule has 0 radical (unpaired) electrons. The summed E-state index contributed by atoms with van der Waals surface area (Å²) >= 11 is 0. The molecular weight excluding hydrogens is 440 g/mol. The minimum atomic E-state index is -3.53. The third kappa shape index (κ3) is 5.15. The van der Waals surface area contributed by atoms with Crippen LogP contribution in [0.3, 0.4) is 0 Å². The van der Waals surface area contributed by atoms with Gasteiger partial charge in [0.1, 0.15) is 0 Å². The van der Waals surface area contributed by atoms with Crippen LogP contribution in [0.5, 0.6) is 0 Å². The number of hydrogen-bond acceptors (Lipinski definition) is 6. The van der Waals surface area contributed by atoms with Crippen molar-refractivity contribution >= 4 is 21.6 Å². The summed E-state index contributed by atoms with van der Waals surface area (Å²) in [6.07, 6.45) is 0.961. The lowest BCUT2D eigenvalue weighted by Crippen LogP contribution is -2.41. The summed E-state index contributed by atoms with van der Waals surface area (Å²) in [4.78, 5) is 17.5. The van der Waals surface area contributed by atoms with Gasteiger partial charge >= 0.3 is 0 Å². The van der Waals surface area contributed by atoms with Crippen LogP contribution >= 0.6 is 0 Å².